The number of amides is 1. The molecule has 0 saturated carbocycles. The van der Waals surface area contributed by atoms with Crippen LogP contribution in [-0.2, 0) is 6.54 Å². The van der Waals surface area contributed by atoms with E-state index in [1.165, 1.54) is 26.2 Å². The Morgan fingerprint density at radius 1 is 1.12 bits per heavy atom. The summed E-state index contributed by atoms with van der Waals surface area (Å²) in [6, 6.07) is 12.8. The summed E-state index contributed by atoms with van der Waals surface area (Å²) < 4.78 is 3.41. The average Bonchev–Trinajstić information content (AvgIpc) is 3.25. The van der Waals surface area contributed by atoms with Crippen molar-refractivity contribution in [1.82, 2.24) is 9.47 Å². The number of rotatable bonds is 3. The Balaban J connectivity index is 1.78. The maximum absolute atomic E-state index is 13.0. The molecule has 0 bridgehead atoms. The molecule has 1 aliphatic rings. The van der Waals surface area contributed by atoms with Crippen LogP contribution in [0.5, 0.6) is 0 Å². The molecule has 0 radical (unpaired) electrons. The Morgan fingerprint density at radius 2 is 1.92 bits per heavy atom. The van der Waals surface area contributed by atoms with E-state index < -0.39 is 0 Å². The first-order chi connectivity index (χ1) is 11.6. The lowest BCUT2D eigenvalue weighted by Gasteiger charge is -2.17. The summed E-state index contributed by atoms with van der Waals surface area (Å²) in [5.74, 6) is 0.182. The maximum atomic E-state index is 13.0. The molecule has 1 aromatic carbocycles. The summed E-state index contributed by atoms with van der Waals surface area (Å²) in [5.41, 5.74) is 4.51. The molecule has 2 aromatic heterocycles. The van der Waals surface area contributed by atoms with Gasteiger partial charge >= 0.3 is 0 Å². The zero-order valence-electron chi connectivity index (χ0n) is 14.2. The Morgan fingerprint density at radius 3 is 2.67 bits per heavy atom. The predicted molar refractivity (Wildman–Crippen MR) is 100.0 cm³/mol. The van der Waals surface area contributed by atoms with Gasteiger partial charge < -0.3 is 9.47 Å². The molecule has 3 nitrogen and oxygen atoms in total. The smallest absolute Gasteiger partial charge is 0.270 e. The van der Waals surface area contributed by atoms with Crippen molar-refractivity contribution in [2.45, 2.75) is 33.2 Å². The second kappa shape index (κ2) is 6.10. The zero-order chi connectivity index (χ0) is 16.7. The van der Waals surface area contributed by atoms with Gasteiger partial charge in [-0.1, -0.05) is 29.8 Å². The number of benzene rings is 1. The Bertz CT molecular complexity index is 900. The lowest BCUT2D eigenvalue weighted by Crippen LogP contribution is -2.29. The van der Waals surface area contributed by atoms with E-state index in [9.17, 15) is 4.79 Å². The van der Waals surface area contributed by atoms with Crippen molar-refractivity contribution in [2.24, 2.45) is 0 Å². The molecule has 1 fully saturated rings. The minimum atomic E-state index is 0.182. The molecule has 124 valence electrons. The molecule has 0 atom stereocenters. The molecular formula is C20H22N2OS. The highest BCUT2D eigenvalue weighted by Crippen LogP contribution is 2.30. The van der Waals surface area contributed by atoms with Crippen LogP contribution in [0.4, 0.5) is 0 Å². The molecule has 0 unspecified atom stereocenters. The molecule has 0 spiro atoms. The van der Waals surface area contributed by atoms with E-state index >= 15 is 0 Å². The van der Waals surface area contributed by atoms with Gasteiger partial charge in [-0.2, -0.15) is 0 Å². The first-order valence-electron chi connectivity index (χ1n) is 8.56. The number of nitrogens with zero attached hydrogens (tertiary/aromatic N) is 2. The highest BCUT2D eigenvalue weighted by Gasteiger charge is 2.24. The molecule has 1 amide bonds. The van der Waals surface area contributed by atoms with Crippen LogP contribution in [0.1, 0.15) is 39.3 Å². The SMILES string of the molecule is Cc1cccc(Cn2c(C(=O)N3CCCC3)cc3sc(C)cc32)c1. The van der Waals surface area contributed by atoms with Gasteiger partial charge in [0.25, 0.3) is 5.91 Å². The summed E-state index contributed by atoms with van der Waals surface area (Å²) in [6.45, 7) is 6.77. The fourth-order valence-corrected chi connectivity index (χ4v) is 4.55. The van der Waals surface area contributed by atoms with E-state index in [0.29, 0.717) is 0 Å². The summed E-state index contributed by atoms with van der Waals surface area (Å²) in [4.78, 5) is 16.3. The van der Waals surface area contributed by atoms with Crippen molar-refractivity contribution in [3.63, 3.8) is 0 Å². The van der Waals surface area contributed by atoms with Gasteiger partial charge in [-0.3, -0.25) is 4.79 Å². The van der Waals surface area contributed by atoms with Crippen LogP contribution in [-0.4, -0.2) is 28.5 Å². The fourth-order valence-electron chi connectivity index (χ4n) is 3.59. The van der Waals surface area contributed by atoms with Crippen LogP contribution in [0.15, 0.2) is 36.4 Å². The first kappa shape index (κ1) is 15.5. The largest absolute Gasteiger partial charge is 0.337 e. The number of carbonyl (C=O) groups is 1. The van der Waals surface area contributed by atoms with E-state index in [0.717, 1.165) is 38.2 Å². The third-order valence-corrected chi connectivity index (χ3v) is 5.74. The minimum Gasteiger partial charge on any atom is -0.337 e. The molecule has 3 heterocycles. The molecule has 3 aromatic rings. The van der Waals surface area contributed by atoms with Gasteiger partial charge in [-0.25, -0.2) is 0 Å². The van der Waals surface area contributed by atoms with Gasteiger partial charge in [0.2, 0.25) is 0 Å². The zero-order valence-corrected chi connectivity index (χ0v) is 15.0. The number of hydrogen-bond acceptors (Lipinski definition) is 2. The van der Waals surface area contributed by atoms with E-state index in [1.54, 1.807) is 11.3 Å². The number of aryl methyl sites for hydroxylation is 2. The third-order valence-electron chi connectivity index (χ3n) is 4.75. The van der Waals surface area contributed by atoms with Crippen LogP contribution >= 0.6 is 11.3 Å². The lowest BCUT2D eigenvalue weighted by molar-refractivity contribution is 0.0783. The maximum Gasteiger partial charge on any atom is 0.270 e. The summed E-state index contributed by atoms with van der Waals surface area (Å²) in [6.07, 6.45) is 2.25. The standard InChI is InChI=1S/C20H22N2OS/c1-14-6-5-7-16(10-14)13-22-17-11-15(2)24-19(17)12-18(22)20(23)21-8-3-4-9-21/h5-7,10-12H,3-4,8-9,13H2,1-2H3. The topological polar surface area (TPSA) is 25.2 Å². The second-order valence-corrected chi connectivity index (χ2v) is 8.00. The minimum absolute atomic E-state index is 0.182. The normalized spacial score (nSPS) is 14.7. The molecule has 4 rings (SSSR count). The van der Waals surface area contributed by atoms with Gasteiger partial charge in [0.1, 0.15) is 5.69 Å². The monoisotopic (exact) mass is 338 g/mol. The average molecular weight is 338 g/mol. The second-order valence-electron chi connectivity index (χ2n) is 6.71. The van der Waals surface area contributed by atoms with E-state index in [1.807, 2.05) is 4.90 Å². The number of fused-ring (bicyclic) bond motifs is 1. The van der Waals surface area contributed by atoms with E-state index in [-0.39, 0.29) is 5.91 Å². The van der Waals surface area contributed by atoms with E-state index in [4.69, 9.17) is 0 Å². The molecule has 1 saturated heterocycles. The van der Waals surface area contributed by atoms with Gasteiger partial charge in [-0.05, 0) is 44.4 Å². The Kier molecular flexibility index (Phi) is 3.93. The first-order valence-corrected chi connectivity index (χ1v) is 9.38. The third kappa shape index (κ3) is 2.75. The van der Waals surface area contributed by atoms with Crippen molar-refractivity contribution in [1.29, 1.82) is 0 Å². The Labute approximate surface area is 146 Å². The number of hydrogen-bond donors (Lipinski definition) is 0. The summed E-state index contributed by atoms with van der Waals surface area (Å²) in [5, 5.41) is 0. The van der Waals surface area contributed by atoms with Crippen molar-refractivity contribution in [2.75, 3.05) is 13.1 Å². The van der Waals surface area contributed by atoms with Gasteiger partial charge in [0.05, 0.1) is 10.2 Å². The van der Waals surface area contributed by atoms with Crippen molar-refractivity contribution < 1.29 is 4.79 Å². The molecular weight excluding hydrogens is 316 g/mol. The van der Waals surface area contributed by atoms with Gasteiger partial charge in [0, 0.05) is 24.5 Å². The predicted octanol–water partition coefficient (Wildman–Crippen LogP) is 4.60. The van der Waals surface area contributed by atoms with Crippen LogP contribution in [0, 0.1) is 13.8 Å². The van der Waals surface area contributed by atoms with Gasteiger partial charge in [-0.15, -0.1) is 11.3 Å². The lowest BCUT2D eigenvalue weighted by atomic mass is 10.1. The van der Waals surface area contributed by atoms with E-state index in [2.05, 4.69) is 54.8 Å². The van der Waals surface area contributed by atoms with Crippen molar-refractivity contribution >= 4 is 27.5 Å². The van der Waals surface area contributed by atoms with Crippen LogP contribution in [0.2, 0.25) is 0 Å². The van der Waals surface area contributed by atoms with Crippen LogP contribution in [0.3, 0.4) is 0 Å². The van der Waals surface area contributed by atoms with Crippen molar-refractivity contribution in [3.05, 3.63) is 58.1 Å². The van der Waals surface area contributed by atoms with Crippen LogP contribution in [0.25, 0.3) is 10.2 Å². The van der Waals surface area contributed by atoms with Crippen molar-refractivity contribution in [3.8, 4) is 0 Å². The molecule has 24 heavy (non-hydrogen) atoms. The fraction of sp³-hybridized carbons (Fsp3) is 0.350. The number of aromatic nitrogens is 1. The summed E-state index contributed by atoms with van der Waals surface area (Å²) >= 11 is 1.77. The molecule has 1 aliphatic heterocycles. The quantitative estimate of drug-likeness (QED) is 0.685. The number of likely N-dealkylation sites (tertiary alicyclic amines) is 1. The summed E-state index contributed by atoms with van der Waals surface area (Å²) in [7, 11) is 0. The molecule has 4 heteroatoms. The molecule has 0 N–H and O–H groups in total. The highest BCUT2D eigenvalue weighted by molar-refractivity contribution is 7.19. The van der Waals surface area contributed by atoms with Crippen LogP contribution < -0.4 is 0 Å². The Hall–Kier alpha value is -2.07. The number of thiophene rings is 1. The number of carbonyl (C=O) groups excluding carboxylic acids is 1. The molecule has 0 aliphatic carbocycles. The highest BCUT2D eigenvalue weighted by atomic mass is 32.1. The van der Waals surface area contributed by atoms with Gasteiger partial charge in [0.15, 0.2) is 0 Å².